The molecular formula is C13H28N2. The average Bonchev–Trinajstić information content (AvgIpc) is 2.93. The molecule has 0 saturated heterocycles. The van der Waals surface area contributed by atoms with Crippen LogP contribution in [0.2, 0.25) is 0 Å². The van der Waals surface area contributed by atoms with Gasteiger partial charge in [-0.05, 0) is 39.2 Å². The monoisotopic (exact) mass is 212 g/mol. The standard InChI is InChI=1S/C13H28N2/c1-10(9-14-12-7-8-12)15(6)11(2)13(3,4)5/h10-12,14H,7-9H2,1-6H3. The highest BCUT2D eigenvalue weighted by Crippen LogP contribution is 2.24. The highest BCUT2D eigenvalue weighted by molar-refractivity contribution is 4.85. The third kappa shape index (κ3) is 4.12. The number of nitrogens with zero attached hydrogens (tertiary/aromatic N) is 1. The zero-order valence-corrected chi connectivity index (χ0v) is 11.3. The Balaban J connectivity index is 2.32. The maximum atomic E-state index is 3.60. The minimum absolute atomic E-state index is 0.364. The second-order valence-corrected chi connectivity index (χ2v) is 6.24. The minimum atomic E-state index is 0.364. The summed E-state index contributed by atoms with van der Waals surface area (Å²) < 4.78 is 0. The first-order chi connectivity index (χ1) is 6.82. The summed E-state index contributed by atoms with van der Waals surface area (Å²) in [5.74, 6) is 0. The van der Waals surface area contributed by atoms with Gasteiger partial charge in [-0.2, -0.15) is 0 Å². The van der Waals surface area contributed by atoms with E-state index in [1.54, 1.807) is 0 Å². The smallest absolute Gasteiger partial charge is 0.0192 e. The topological polar surface area (TPSA) is 15.3 Å². The lowest BCUT2D eigenvalue weighted by atomic mass is 9.86. The molecule has 15 heavy (non-hydrogen) atoms. The van der Waals surface area contributed by atoms with Crippen molar-refractivity contribution in [3.05, 3.63) is 0 Å². The van der Waals surface area contributed by atoms with E-state index in [9.17, 15) is 0 Å². The van der Waals surface area contributed by atoms with E-state index in [1.165, 1.54) is 12.8 Å². The van der Waals surface area contributed by atoms with E-state index < -0.39 is 0 Å². The fraction of sp³-hybridized carbons (Fsp3) is 1.00. The first-order valence-electron chi connectivity index (χ1n) is 6.27. The van der Waals surface area contributed by atoms with Crippen molar-refractivity contribution in [3.63, 3.8) is 0 Å². The first kappa shape index (κ1) is 13.0. The molecule has 1 N–H and O–H groups in total. The second kappa shape index (κ2) is 4.84. The molecule has 0 aliphatic heterocycles. The quantitative estimate of drug-likeness (QED) is 0.753. The molecule has 1 aliphatic carbocycles. The maximum Gasteiger partial charge on any atom is 0.0192 e. The summed E-state index contributed by atoms with van der Waals surface area (Å²) in [7, 11) is 2.25. The Labute approximate surface area is 95.4 Å². The van der Waals surface area contributed by atoms with Gasteiger partial charge in [-0.3, -0.25) is 4.90 Å². The van der Waals surface area contributed by atoms with Gasteiger partial charge in [0.2, 0.25) is 0 Å². The zero-order chi connectivity index (χ0) is 11.6. The van der Waals surface area contributed by atoms with Crippen molar-refractivity contribution < 1.29 is 0 Å². The van der Waals surface area contributed by atoms with Crippen molar-refractivity contribution in [2.45, 2.75) is 65.6 Å². The van der Waals surface area contributed by atoms with Crippen LogP contribution in [0.3, 0.4) is 0 Å². The molecule has 2 heteroatoms. The van der Waals surface area contributed by atoms with Gasteiger partial charge in [-0.15, -0.1) is 0 Å². The number of nitrogens with one attached hydrogen (secondary N) is 1. The lowest BCUT2D eigenvalue weighted by molar-refractivity contribution is 0.104. The van der Waals surface area contributed by atoms with Crippen LogP contribution < -0.4 is 5.32 Å². The summed E-state index contributed by atoms with van der Waals surface area (Å²) in [6, 6.07) is 2.07. The number of rotatable bonds is 5. The predicted octanol–water partition coefficient (Wildman–Crippen LogP) is 2.49. The van der Waals surface area contributed by atoms with E-state index in [0.717, 1.165) is 12.6 Å². The maximum absolute atomic E-state index is 3.60. The van der Waals surface area contributed by atoms with Gasteiger partial charge in [0.25, 0.3) is 0 Å². The molecule has 1 fully saturated rings. The van der Waals surface area contributed by atoms with Gasteiger partial charge in [0.05, 0.1) is 0 Å². The van der Waals surface area contributed by atoms with Crippen molar-refractivity contribution in [3.8, 4) is 0 Å². The van der Waals surface area contributed by atoms with Crippen molar-refractivity contribution in [1.82, 2.24) is 10.2 Å². The van der Waals surface area contributed by atoms with Gasteiger partial charge in [-0.25, -0.2) is 0 Å². The predicted molar refractivity (Wildman–Crippen MR) is 67.2 cm³/mol. The molecule has 0 aromatic heterocycles. The van der Waals surface area contributed by atoms with E-state index in [1.807, 2.05) is 0 Å². The van der Waals surface area contributed by atoms with Gasteiger partial charge in [0, 0.05) is 24.7 Å². The molecule has 1 rings (SSSR count). The van der Waals surface area contributed by atoms with Gasteiger partial charge >= 0.3 is 0 Å². The van der Waals surface area contributed by atoms with E-state index in [4.69, 9.17) is 0 Å². The van der Waals surface area contributed by atoms with Crippen LogP contribution in [0.15, 0.2) is 0 Å². The lowest BCUT2D eigenvalue weighted by Crippen LogP contribution is -2.48. The molecule has 0 bridgehead atoms. The number of hydrogen-bond acceptors (Lipinski definition) is 2. The van der Waals surface area contributed by atoms with Crippen LogP contribution in [0, 0.1) is 5.41 Å². The fourth-order valence-electron chi connectivity index (χ4n) is 1.76. The Morgan fingerprint density at radius 1 is 1.27 bits per heavy atom. The Morgan fingerprint density at radius 3 is 2.20 bits per heavy atom. The summed E-state index contributed by atoms with van der Waals surface area (Å²) in [4.78, 5) is 2.50. The lowest BCUT2D eigenvalue weighted by Gasteiger charge is -2.39. The van der Waals surface area contributed by atoms with Crippen LogP contribution in [0.4, 0.5) is 0 Å². The van der Waals surface area contributed by atoms with Crippen LogP contribution in [-0.4, -0.2) is 36.6 Å². The SMILES string of the molecule is CC(CNC1CC1)N(C)C(C)C(C)(C)C. The van der Waals surface area contributed by atoms with Crippen LogP contribution in [0.5, 0.6) is 0 Å². The van der Waals surface area contributed by atoms with Crippen LogP contribution in [-0.2, 0) is 0 Å². The van der Waals surface area contributed by atoms with E-state index in [2.05, 4.69) is 51.9 Å². The molecule has 0 heterocycles. The highest BCUT2D eigenvalue weighted by Gasteiger charge is 2.27. The van der Waals surface area contributed by atoms with Crippen molar-refractivity contribution in [2.24, 2.45) is 5.41 Å². The van der Waals surface area contributed by atoms with E-state index >= 15 is 0 Å². The van der Waals surface area contributed by atoms with Crippen molar-refractivity contribution >= 4 is 0 Å². The zero-order valence-electron chi connectivity index (χ0n) is 11.3. The highest BCUT2D eigenvalue weighted by atomic mass is 15.2. The molecule has 0 amide bonds. The van der Waals surface area contributed by atoms with Crippen LogP contribution in [0.25, 0.3) is 0 Å². The minimum Gasteiger partial charge on any atom is -0.312 e. The Kier molecular flexibility index (Phi) is 4.19. The normalized spacial score (nSPS) is 21.8. The molecule has 1 saturated carbocycles. The van der Waals surface area contributed by atoms with Crippen LogP contribution >= 0.6 is 0 Å². The van der Waals surface area contributed by atoms with Crippen molar-refractivity contribution in [2.75, 3.05) is 13.6 Å². The molecular weight excluding hydrogens is 184 g/mol. The van der Waals surface area contributed by atoms with E-state index in [0.29, 0.717) is 17.5 Å². The molecule has 2 atom stereocenters. The fourth-order valence-corrected chi connectivity index (χ4v) is 1.76. The molecule has 2 unspecified atom stereocenters. The summed E-state index contributed by atoms with van der Waals surface area (Å²) in [6.07, 6.45) is 2.76. The molecule has 0 spiro atoms. The Morgan fingerprint density at radius 2 is 1.80 bits per heavy atom. The van der Waals surface area contributed by atoms with Gasteiger partial charge in [0.1, 0.15) is 0 Å². The third-order valence-electron chi connectivity index (χ3n) is 3.84. The molecule has 90 valence electrons. The largest absolute Gasteiger partial charge is 0.312 e. The van der Waals surface area contributed by atoms with Gasteiger partial charge in [0.15, 0.2) is 0 Å². The number of likely N-dealkylation sites (N-methyl/N-ethyl adjacent to an activating group) is 1. The van der Waals surface area contributed by atoms with Crippen molar-refractivity contribution in [1.29, 1.82) is 0 Å². The molecule has 0 aromatic rings. The Bertz CT molecular complexity index is 191. The molecule has 0 radical (unpaired) electrons. The van der Waals surface area contributed by atoms with Gasteiger partial charge < -0.3 is 5.32 Å². The Hall–Kier alpha value is -0.0800. The summed E-state index contributed by atoms with van der Waals surface area (Å²) in [6.45, 7) is 12.7. The first-order valence-corrected chi connectivity index (χ1v) is 6.27. The van der Waals surface area contributed by atoms with Gasteiger partial charge in [-0.1, -0.05) is 20.8 Å². The third-order valence-corrected chi connectivity index (χ3v) is 3.84. The molecule has 1 aliphatic rings. The summed E-state index contributed by atoms with van der Waals surface area (Å²) in [5.41, 5.74) is 0.364. The van der Waals surface area contributed by atoms with Crippen LogP contribution in [0.1, 0.15) is 47.5 Å². The average molecular weight is 212 g/mol. The molecule has 0 aromatic carbocycles. The molecule has 2 nitrogen and oxygen atoms in total. The second-order valence-electron chi connectivity index (χ2n) is 6.24. The summed E-state index contributed by atoms with van der Waals surface area (Å²) >= 11 is 0. The summed E-state index contributed by atoms with van der Waals surface area (Å²) in [5, 5.41) is 3.60. The number of hydrogen-bond donors (Lipinski definition) is 1. The van der Waals surface area contributed by atoms with E-state index in [-0.39, 0.29) is 0 Å².